The Bertz CT molecular complexity index is 510. The number of thiophene rings is 1. The Kier molecular flexibility index (Phi) is 5.11. The van der Waals surface area contributed by atoms with Crippen LogP contribution in [-0.2, 0) is 0 Å². The molecule has 1 amide bonds. The molecule has 0 aromatic carbocycles. The number of hydrogen-bond donors (Lipinski definition) is 3. The van der Waals surface area contributed by atoms with Gasteiger partial charge in [0.25, 0.3) is 5.91 Å². The fourth-order valence-corrected chi connectivity index (χ4v) is 3.51. The van der Waals surface area contributed by atoms with Crippen LogP contribution >= 0.6 is 11.3 Å². The highest BCUT2D eigenvalue weighted by molar-refractivity contribution is 7.18. The molecule has 1 saturated carbocycles. The van der Waals surface area contributed by atoms with Gasteiger partial charge in [-0.15, -0.1) is 11.3 Å². The average Bonchev–Trinajstić information content (AvgIpc) is 3.22. The molecule has 0 spiro atoms. The molecule has 1 aliphatic carbocycles. The van der Waals surface area contributed by atoms with Gasteiger partial charge in [0.15, 0.2) is 0 Å². The maximum atomic E-state index is 11.5. The number of primary amides is 1. The summed E-state index contributed by atoms with van der Waals surface area (Å²) >= 11 is 1.40. The van der Waals surface area contributed by atoms with E-state index in [-0.39, 0.29) is 0 Å². The largest absolute Gasteiger partial charge is 0.397 e. The maximum Gasteiger partial charge on any atom is 0.260 e. The molecule has 0 bridgehead atoms. The van der Waals surface area contributed by atoms with Crippen LogP contribution in [0.2, 0.25) is 0 Å². The summed E-state index contributed by atoms with van der Waals surface area (Å²) in [5, 5.41) is 4.48. The van der Waals surface area contributed by atoms with Crippen molar-refractivity contribution in [2.45, 2.75) is 45.1 Å². The number of hydrogen-bond acceptors (Lipinski definition) is 5. The standard InChI is InChI=1S/C15H26N4OS/c1-4-9(2)19(3)8-7-18-15-11(10-5-6-10)12(16)13(21-15)14(17)20/h9-10,18H,4-8,16H2,1-3H3,(H2,17,20). The van der Waals surface area contributed by atoms with Gasteiger partial charge in [-0.1, -0.05) is 6.92 Å². The zero-order chi connectivity index (χ0) is 15.6. The van der Waals surface area contributed by atoms with E-state index in [2.05, 4.69) is 31.1 Å². The summed E-state index contributed by atoms with van der Waals surface area (Å²) in [7, 11) is 2.13. The lowest BCUT2D eigenvalue weighted by molar-refractivity contribution is 0.100. The second-order valence-corrected chi connectivity index (χ2v) is 6.91. The number of rotatable bonds is 8. The van der Waals surface area contributed by atoms with Crippen molar-refractivity contribution < 1.29 is 4.79 Å². The Morgan fingerprint density at radius 3 is 2.71 bits per heavy atom. The molecule has 6 heteroatoms. The van der Waals surface area contributed by atoms with Crippen LogP contribution in [0.4, 0.5) is 10.7 Å². The van der Waals surface area contributed by atoms with E-state index < -0.39 is 5.91 Å². The molecule has 1 unspecified atom stereocenters. The van der Waals surface area contributed by atoms with Gasteiger partial charge < -0.3 is 21.7 Å². The highest BCUT2D eigenvalue weighted by atomic mass is 32.1. The molecule has 1 aromatic rings. The van der Waals surface area contributed by atoms with Crippen LogP contribution in [0.3, 0.4) is 0 Å². The summed E-state index contributed by atoms with van der Waals surface area (Å²) in [5.74, 6) is 0.0771. The fourth-order valence-electron chi connectivity index (χ4n) is 2.43. The minimum Gasteiger partial charge on any atom is -0.397 e. The zero-order valence-corrected chi connectivity index (χ0v) is 13.9. The molecular formula is C15H26N4OS. The van der Waals surface area contributed by atoms with Crippen molar-refractivity contribution in [2.24, 2.45) is 5.73 Å². The lowest BCUT2D eigenvalue weighted by Gasteiger charge is -2.23. The highest BCUT2D eigenvalue weighted by Crippen LogP contribution is 2.50. The number of nitrogen functional groups attached to an aromatic ring is 1. The average molecular weight is 310 g/mol. The normalized spacial score (nSPS) is 16.2. The number of amides is 1. The van der Waals surface area contributed by atoms with Crippen molar-refractivity contribution in [3.05, 3.63) is 10.4 Å². The molecule has 5 nitrogen and oxygen atoms in total. The van der Waals surface area contributed by atoms with Crippen molar-refractivity contribution in [1.29, 1.82) is 0 Å². The number of carbonyl (C=O) groups is 1. The third kappa shape index (κ3) is 3.68. The second kappa shape index (κ2) is 6.66. The molecule has 5 N–H and O–H groups in total. The van der Waals surface area contributed by atoms with Crippen LogP contribution in [0.15, 0.2) is 0 Å². The van der Waals surface area contributed by atoms with Gasteiger partial charge in [0, 0.05) is 24.7 Å². The van der Waals surface area contributed by atoms with Crippen LogP contribution in [0, 0.1) is 0 Å². The summed E-state index contributed by atoms with van der Waals surface area (Å²) < 4.78 is 0. The molecule has 1 aliphatic rings. The molecule has 1 fully saturated rings. The van der Waals surface area contributed by atoms with Gasteiger partial charge in [0.2, 0.25) is 0 Å². The minimum atomic E-state index is -0.427. The summed E-state index contributed by atoms with van der Waals surface area (Å²) in [4.78, 5) is 14.3. The number of carbonyl (C=O) groups excluding carboxylic acids is 1. The van der Waals surface area contributed by atoms with Gasteiger partial charge in [-0.05, 0) is 39.2 Å². The number of nitrogens with zero attached hydrogens (tertiary/aromatic N) is 1. The molecule has 0 saturated heterocycles. The quantitative estimate of drug-likeness (QED) is 0.688. The molecular weight excluding hydrogens is 284 g/mol. The summed E-state index contributed by atoms with van der Waals surface area (Å²) in [6.45, 7) is 6.23. The van der Waals surface area contributed by atoms with Crippen molar-refractivity contribution in [2.75, 3.05) is 31.2 Å². The molecule has 0 aliphatic heterocycles. The van der Waals surface area contributed by atoms with Gasteiger partial charge in [-0.2, -0.15) is 0 Å². The monoisotopic (exact) mass is 310 g/mol. The van der Waals surface area contributed by atoms with Crippen molar-refractivity contribution in [1.82, 2.24) is 4.90 Å². The van der Waals surface area contributed by atoms with E-state index in [9.17, 15) is 4.79 Å². The molecule has 0 radical (unpaired) electrons. The van der Waals surface area contributed by atoms with Crippen LogP contribution in [-0.4, -0.2) is 37.0 Å². The molecule has 1 heterocycles. The first kappa shape index (κ1) is 16.1. The number of nitrogens with two attached hydrogens (primary N) is 2. The third-order valence-corrected chi connectivity index (χ3v) is 5.48. The Balaban J connectivity index is 2.02. The van der Waals surface area contributed by atoms with Gasteiger partial charge >= 0.3 is 0 Å². The highest BCUT2D eigenvalue weighted by Gasteiger charge is 2.32. The Morgan fingerprint density at radius 2 is 2.19 bits per heavy atom. The van der Waals surface area contributed by atoms with E-state index in [1.807, 2.05) is 0 Å². The number of anilines is 2. The first-order valence-electron chi connectivity index (χ1n) is 7.61. The van der Waals surface area contributed by atoms with Crippen molar-refractivity contribution >= 4 is 27.9 Å². The van der Waals surface area contributed by atoms with Crippen molar-refractivity contribution in [3.8, 4) is 0 Å². The molecule has 21 heavy (non-hydrogen) atoms. The zero-order valence-electron chi connectivity index (χ0n) is 13.1. The first-order chi connectivity index (χ1) is 9.95. The lowest BCUT2D eigenvalue weighted by atomic mass is 10.1. The van der Waals surface area contributed by atoms with Gasteiger partial charge in [0.1, 0.15) is 4.88 Å². The van der Waals surface area contributed by atoms with Gasteiger partial charge in [0.05, 0.1) is 10.7 Å². The van der Waals surface area contributed by atoms with E-state index >= 15 is 0 Å². The SMILES string of the molecule is CCC(C)N(C)CCNc1sc(C(N)=O)c(N)c1C1CC1. The van der Waals surface area contributed by atoms with Crippen LogP contribution in [0.1, 0.15) is 54.3 Å². The van der Waals surface area contributed by atoms with E-state index in [0.29, 0.717) is 22.5 Å². The summed E-state index contributed by atoms with van der Waals surface area (Å²) in [6.07, 6.45) is 3.45. The molecule has 118 valence electrons. The minimum absolute atomic E-state index is 0.427. The first-order valence-corrected chi connectivity index (χ1v) is 8.43. The molecule has 1 aromatic heterocycles. The van der Waals surface area contributed by atoms with E-state index in [1.165, 1.54) is 11.3 Å². The summed E-state index contributed by atoms with van der Waals surface area (Å²) in [6, 6.07) is 0.573. The smallest absolute Gasteiger partial charge is 0.260 e. The van der Waals surface area contributed by atoms with E-state index in [4.69, 9.17) is 11.5 Å². The Morgan fingerprint density at radius 1 is 1.52 bits per heavy atom. The molecule has 2 rings (SSSR count). The van der Waals surface area contributed by atoms with Crippen molar-refractivity contribution in [3.63, 3.8) is 0 Å². The Labute approximate surface area is 130 Å². The topological polar surface area (TPSA) is 84.4 Å². The van der Waals surface area contributed by atoms with Crippen LogP contribution in [0.25, 0.3) is 0 Å². The Hall–Kier alpha value is -1.27. The van der Waals surface area contributed by atoms with E-state index in [1.54, 1.807) is 0 Å². The third-order valence-electron chi connectivity index (χ3n) is 4.29. The number of nitrogens with one attached hydrogen (secondary N) is 1. The van der Waals surface area contributed by atoms with Crippen LogP contribution < -0.4 is 16.8 Å². The molecule has 1 atom stereocenters. The summed E-state index contributed by atoms with van der Waals surface area (Å²) in [5.41, 5.74) is 13.2. The van der Waals surface area contributed by atoms with E-state index in [0.717, 1.165) is 42.9 Å². The van der Waals surface area contributed by atoms with Gasteiger partial charge in [-0.25, -0.2) is 0 Å². The predicted octanol–water partition coefficient (Wildman–Crippen LogP) is 2.45. The predicted molar refractivity (Wildman–Crippen MR) is 90.1 cm³/mol. The number of likely N-dealkylation sites (N-methyl/N-ethyl adjacent to an activating group) is 1. The maximum absolute atomic E-state index is 11.5. The lowest BCUT2D eigenvalue weighted by Crippen LogP contribution is -2.32. The second-order valence-electron chi connectivity index (χ2n) is 5.89. The van der Waals surface area contributed by atoms with Gasteiger partial charge in [-0.3, -0.25) is 4.79 Å². The van der Waals surface area contributed by atoms with Crippen LogP contribution in [0.5, 0.6) is 0 Å². The fraction of sp³-hybridized carbons (Fsp3) is 0.667.